The molecule has 0 atom stereocenters. The van der Waals surface area contributed by atoms with Gasteiger partial charge in [-0.3, -0.25) is 20.0 Å². The van der Waals surface area contributed by atoms with Crippen LogP contribution in [0.15, 0.2) is 24.3 Å². The first kappa shape index (κ1) is 14.5. The number of rotatable bonds is 5. The minimum Gasteiger partial charge on any atom is -0.477 e. The fraction of sp³-hybridized carbons (Fsp3) is 0.231. The van der Waals surface area contributed by atoms with E-state index in [-0.39, 0.29) is 18.0 Å². The van der Waals surface area contributed by atoms with Crippen molar-refractivity contribution in [2.45, 2.75) is 13.8 Å². The highest BCUT2D eigenvalue weighted by Crippen LogP contribution is 2.25. The lowest BCUT2D eigenvalue weighted by atomic mass is 10.3. The molecule has 0 unspecified atom stereocenters. The molecule has 8 heteroatoms. The maximum atomic E-state index is 11.8. The van der Waals surface area contributed by atoms with E-state index >= 15 is 0 Å². The fourth-order valence-corrected chi connectivity index (χ4v) is 1.78. The molecule has 2 aromatic rings. The molecule has 2 rings (SSSR count). The van der Waals surface area contributed by atoms with E-state index in [0.717, 1.165) is 5.69 Å². The Morgan fingerprint density at radius 2 is 2.14 bits per heavy atom. The summed E-state index contributed by atoms with van der Waals surface area (Å²) in [6.07, 6.45) is 0. The first-order valence-electron chi connectivity index (χ1n) is 6.16. The summed E-state index contributed by atoms with van der Waals surface area (Å²) in [5.74, 6) is -0.362. The Kier molecular flexibility index (Phi) is 4.17. The second-order valence-electron chi connectivity index (χ2n) is 4.37. The fourth-order valence-electron chi connectivity index (χ4n) is 1.78. The predicted molar refractivity (Wildman–Crippen MR) is 75.3 cm³/mol. The van der Waals surface area contributed by atoms with Crippen molar-refractivity contribution in [3.05, 3.63) is 45.8 Å². The van der Waals surface area contributed by atoms with E-state index in [1.807, 2.05) is 0 Å². The van der Waals surface area contributed by atoms with Crippen molar-refractivity contribution >= 4 is 17.3 Å². The van der Waals surface area contributed by atoms with Crippen molar-refractivity contribution in [2.24, 2.45) is 0 Å². The van der Waals surface area contributed by atoms with Crippen LogP contribution < -0.4 is 10.1 Å². The van der Waals surface area contributed by atoms with E-state index < -0.39 is 10.8 Å². The second kappa shape index (κ2) is 6.04. The van der Waals surface area contributed by atoms with Crippen LogP contribution in [0.25, 0.3) is 0 Å². The Morgan fingerprint density at radius 1 is 1.43 bits per heavy atom. The Labute approximate surface area is 120 Å². The van der Waals surface area contributed by atoms with E-state index in [2.05, 4.69) is 15.5 Å². The molecule has 8 nitrogen and oxygen atoms in total. The van der Waals surface area contributed by atoms with E-state index in [1.54, 1.807) is 19.9 Å². The molecule has 0 spiro atoms. The zero-order chi connectivity index (χ0) is 15.4. The summed E-state index contributed by atoms with van der Waals surface area (Å²) in [7, 11) is 0. The molecule has 0 fully saturated rings. The normalized spacial score (nSPS) is 10.2. The molecule has 21 heavy (non-hydrogen) atoms. The number of hydrogen-bond acceptors (Lipinski definition) is 5. The monoisotopic (exact) mass is 290 g/mol. The Hall–Kier alpha value is -2.90. The molecule has 110 valence electrons. The SMILES string of the molecule is Cc1n[nH]c(C)c1NC(=O)COc1ccccc1[N+](=O)[O-]. The van der Waals surface area contributed by atoms with Crippen LogP contribution >= 0.6 is 0 Å². The number of hydrogen-bond donors (Lipinski definition) is 2. The standard InChI is InChI=1S/C13H14N4O4/c1-8-13(9(2)16-15-8)14-12(18)7-21-11-6-4-3-5-10(11)17(19)20/h3-6H,7H2,1-2H3,(H,14,18)(H,15,16). The molecule has 1 heterocycles. The number of nitro benzene ring substituents is 1. The summed E-state index contributed by atoms with van der Waals surface area (Å²) in [5.41, 5.74) is 1.80. The Bertz CT molecular complexity index is 661. The number of carbonyl (C=O) groups is 1. The van der Waals surface area contributed by atoms with Gasteiger partial charge in [-0.1, -0.05) is 12.1 Å². The first-order valence-corrected chi connectivity index (χ1v) is 6.16. The predicted octanol–water partition coefficient (Wildman–Crippen LogP) is 1.95. The van der Waals surface area contributed by atoms with Crippen LogP contribution in [-0.2, 0) is 4.79 Å². The minimum absolute atomic E-state index is 0.0540. The molecule has 0 bridgehead atoms. The maximum Gasteiger partial charge on any atom is 0.310 e. The van der Waals surface area contributed by atoms with Crippen molar-refractivity contribution in [3.63, 3.8) is 0 Å². The second-order valence-corrected chi connectivity index (χ2v) is 4.37. The van der Waals surface area contributed by atoms with Crippen LogP contribution in [0.2, 0.25) is 0 Å². The van der Waals surface area contributed by atoms with Gasteiger partial charge < -0.3 is 10.1 Å². The zero-order valence-electron chi connectivity index (χ0n) is 11.5. The lowest BCUT2D eigenvalue weighted by Gasteiger charge is -2.07. The van der Waals surface area contributed by atoms with Crippen molar-refractivity contribution < 1.29 is 14.5 Å². The van der Waals surface area contributed by atoms with Gasteiger partial charge >= 0.3 is 5.69 Å². The molecule has 0 aliphatic heterocycles. The maximum absolute atomic E-state index is 11.8. The van der Waals surface area contributed by atoms with Gasteiger partial charge in [-0.2, -0.15) is 5.10 Å². The highest BCUT2D eigenvalue weighted by atomic mass is 16.6. The molecule has 0 radical (unpaired) electrons. The number of aryl methyl sites for hydroxylation is 2. The topological polar surface area (TPSA) is 110 Å². The number of nitrogens with zero attached hydrogens (tertiary/aromatic N) is 2. The van der Waals surface area contributed by atoms with Crippen LogP contribution in [0.1, 0.15) is 11.4 Å². The summed E-state index contributed by atoms with van der Waals surface area (Å²) < 4.78 is 5.20. The number of ether oxygens (including phenoxy) is 1. The number of anilines is 1. The van der Waals surface area contributed by atoms with E-state index in [4.69, 9.17) is 4.74 Å². The van der Waals surface area contributed by atoms with Gasteiger partial charge in [-0.05, 0) is 19.9 Å². The third-order valence-electron chi connectivity index (χ3n) is 2.81. The Balaban J connectivity index is 2.01. The largest absolute Gasteiger partial charge is 0.477 e. The van der Waals surface area contributed by atoms with Gasteiger partial charge in [0.2, 0.25) is 0 Å². The van der Waals surface area contributed by atoms with E-state index in [9.17, 15) is 14.9 Å². The number of nitrogens with one attached hydrogen (secondary N) is 2. The average molecular weight is 290 g/mol. The van der Waals surface area contributed by atoms with Crippen molar-refractivity contribution in [2.75, 3.05) is 11.9 Å². The van der Waals surface area contributed by atoms with Gasteiger partial charge in [0, 0.05) is 6.07 Å². The van der Waals surface area contributed by atoms with Gasteiger partial charge in [0.1, 0.15) is 0 Å². The molecule has 0 saturated carbocycles. The summed E-state index contributed by atoms with van der Waals surface area (Å²) in [4.78, 5) is 22.1. The number of para-hydroxylation sites is 2. The molecular weight excluding hydrogens is 276 g/mol. The summed E-state index contributed by atoms with van der Waals surface area (Å²) in [6, 6.07) is 5.89. The van der Waals surface area contributed by atoms with Crippen molar-refractivity contribution in [1.82, 2.24) is 10.2 Å². The van der Waals surface area contributed by atoms with Crippen LogP contribution in [-0.4, -0.2) is 27.6 Å². The van der Waals surface area contributed by atoms with Crippen molar-refractivity contribution in [3.8, 4) is 5.75 Å². The van der Waals surface area contributed by atoms with Crippen LogP contribution in [0.3, 0.4) is 0 Å². The summed E-state index contributed by atoms with van der Waals surface area (Å²) in [5, 5.41) is 20.2. The first-order chi connectivity index (χ1) is 9.99. The van der Waals surface area contributed by atoms with Crippen LogP contribution in [0, 0.1) is 24.0 Å². The van der Waals surface area contributed by atoms with Crippen molar-refractivity contribution in [1.29, 1.82) is 0 Å². The molecule has 2 N–H and O–H groups in total. The number of amides is 1. The molecule has 0 aliphatic rings. The average Bonchev–Trinajstić information content (AvgIpc) is 2.77. The van der Waals surface area contributed by atoms with E-state index in [1.165, 1.54) is 18.2 Å². The third-order valence-corrected chi connectivity index (χ3v) is 2.81. The van der Waals surface area contributed by atoms with Crippen LogP contribution in [0.5, 0.6) is 5.75 Å². The number of carbonyl (C=O) groups excluding carboxylic acids is 1. The van der Waals surface area contributed by atoms with Gasteiger partial charge in [0.05, 0.1) is 22.0 Å². The minimum atomic E-state index is -0.558. The number of benzene rings is 1. The number of nitro groups is 1. The number of aromatic amines is 1. The van der Waals surface area contributed by atoms with Gasteiger partial charge in [0.25, 0.3) is 5.91 Å². The molecule has 1 aromatic carbocycles. The smallest absolute Gasteiger partial charge is 0.310 e. The molecular formula is C13H14N4O4. The molecule has 0 aliphatic carbocycles. The summed E-state index contributed by atoms with van der Waals surface area (Å²) >= 11 is 0. The highest BCUT2D eigenvalue weighted by molar-refractivity contribution is 5.93. The zero-order valence-corrected chi connectivity index (χ0v) is 11.5. The molecule has 0 saturated heterocycles. The van der Waals surface area contributed by atoms with E-state index in [0.29, 0.717) is 11.4 Å². The lowest BCUT2D eigenvalue weighted by Crippen LogP contribution is -2.21. The number of aromatic nitrogens is 2. The van der Waals surface area contributed by atoms with Crippen LogP contribution in [0.4, 0.5) is 11.4 Å². The number of H-pyrrole nitrogens is 1. The van der Waals surface area contributed by atoms with Gasteiger partial charge in [0.15, 0.2) is 12.4 Å². The summed E-state index contributed by atoms with van der Waals surface area (Å²) in [6.45, 7) is 3.20. The van der Waals surface area contributed by atoms with Gasteiger partial charge in [-0.25, -0.2) is 0 Å². The quantitative estimate of drug-likeness (QED) is 0.646. The lowest BCUT2D eigenvalue weighted by molar-refractivity contribution is -0.385. The highest BCUT2D eigenvalue weighted by Gasteiger charge is 2.16. The third kappa shape index (κ3) is 3.35. The van der Waals surface area contributed by atoms with Gasteiger partial charge in [-0.15, -0.1) is 0 Å². The molecule has 1 aromatic heterocycles. The Morgan fingerprint density at radius 3 is 2.76 bits per heavy atom. The molecule has 1 amide bonds.